The molecule has 78 valence electrons. The van der Waals surface area contributed by atoms with Gasteiger partial charge in [-0.1, -0.05) is 23.8 Å². The van der Waals surface area contributed by atoms with Crippen LogP contribution in [0, 0.1) is 13.8 Å². The van der Waals surface area contributed by atoms with E-state index < -0.39 is 0 Å². The van der Waals surface area contributed by atoms with Crippen LogP contribution in [0.4, 0.5) is 0 Å². The highest BCUT2D eigenvalue weighted by Gasteiger charge is 2.01. The van der Waals surface area contributed by atoms with E-state index in [1.54, 1.807) is 6.92 Å². The van der Waals surface area contributed by atoms with E-state index in [0.717, 1.165) is 5.56 Å². The lowest BCUT2D eigenvalue weighted by Crippen LogP contribution is -1.98. The van der Waals surface area contributed by atoms with E-state index >= 15 is 0 Å². The molecule has 1 aromatic carbocycles. The van der Waals surface area contributed by atoms with E-state index in [0.29, 0.717) is 11.6 Å². The third kappa shape index (κ3) is 2.54. The Balaban J connectivity index is 0.00000112. The van der Waals surface area contributed by atoms with Crippen LogP contribution >= 0.6 is 0 Å². The molecule has 0 aliphatic carbocycles. The number of benzene rings is 1. The summed E-state index contributed by atoms with van der Waals surface area (Å²) < 4.78 is 0. The number of nitrogens with zero attached hydrogens (tertiary/aromatic N) is 4. The molecule has 5 nitrogen and oxygen atoms in total. The Kier molecular flexibility index (Phi) is 3.41. The highest BCUT2D eigenvalue weighted by Crippen LogP contribution is 2.13. The van der Waals surface area contributed by atoms with Crippen LogP contribution in [0.5, 0.6) is 0 Å². The average molecular weight is 203 g/mol. The predicted octanol–water partition coefficient (Wildman–Crippen LogP) is 1.71. The molecular weight excluding hydrogens is 190 g/mol. The molecule has 0 amide bonds. The van der Waals surface area contributed by atoms with E-state index in [-0.39, 0.29) is 6.15 Å². The molecule has 0 radical (unpaired) electrons. The topological polar surface area (TPSA) is 86.6 Å². The van der Waals surface area contributed by atoms with Crippen molar-refractivity contribution in [2.45, 2.75) is 13.8 Å². The van der Waals surface area contributed by atoms with Gasteiger partial charge in [-0.2, -0.15) is 0 Å². The summed E-state index contributed by atoms with van der Waals surface area (Å²) >= 11 is 0. The van der Waals surface area contributed by atoms with Crippen LogP contribution in [0.15, 0.2) is 24.3 Å². The summed E-state index contributed by atoms with van der Waals surface area (Å²) in [5, 5.41) is 15.7. The number of aromatic nitrogens is 4. The molecule has 2 aromatic rings. The zero-order valence-corrected chi connectivity index (χ0v) is 8.81. The Bertz CT molecular complexity index is 438. The minimum absolute atomic E-state index is 0. The number of rotatable bonds is 1. The van der Waals surface area contributed by atoms with Crippen LogP contribution in [0.25, 0.3) is 11.4 Å². The fraction of sp³-hybridized carbons (Fsp3) is 0.200. The average Bonchev–Trinajstić information content (AvgIpc) is 2.19. The molecular formula is C10H13N5. The summed E-state index contributed by atoms with van der Waals surface area (Å²) in [4.78, 5) is 0. The maximum Gasteiger partial charge on any atom is 0.203 e. The lowest BCUT2D eigenvalue weighted by Gasteiger charge is -1.98. The highest BCUT2D eigenvalue weighted by atomic mass is 15.3. The molecule has 0 atom stereocenters. The Hall–Kier alpha value is -1.88. The van der Waals surface area contributed by atoms with Crippen LogP contribution in [-0.2, 0) is 0 Å². The van der Waals surface area contributed by atoms with Gasteiger partial charge in [-0.3, -0.25) is 0 Å². The maximum atomic E-state index is 3.97. The lowest BCUT2D eigenvalue weighted by molar-refractivity contribution is 0.816. The van der Waals surface area contributed by atoms with Crippen molar-refractivity contribution in [1.29, 1.82) is 0 Å². The van der Waals surface area contributed by atoms with Crippen molar-refractivity contribution < 1.29 is 0 Å². The molecule has 0 unspecified atom stereocenters. The summed E-state index contributed by atoms with van der Waals surface area (Å²) in [6, 6.07) is 7.95. The Labute approximate surface area is 88.2 Å². The standard InChI is InChI=1S/C10H10N4.H3N/c1-7-4-3-5-9(6-7)10-13-11-8(2)12-14-10;/h3-6H,1-2H3;1H3. The van der Waals surface area contributed by atoms with Gasteiger partial charge in [0.2, 0.25) is 5.82 Å². The Morgan fingerprint density at radius 1 is 0.933 bits per heavy atom. The van der Waals surface area contributed by atoms with Crippen molar-refractivity contribution in [1.82, 2.24) is 26.5 Å². The molecule has 5 heteroatoms. The van der Waals surface area contributed by atoms with Crippen LogP contribution in [0.1, 0.15) is 11.4 Å². The van der Waals surface area contributed by atoms with Crippen molar-refractivity contribution in [2.75, 3.05) is 0 Å². The summed E-state index contributed by atoms with van der Waals surface area (Å²) in [6.45, 7) is 3.79. The molecule has 1 aromatic heterocycles. The molecule has 0 fully saturated rings. The van der Waals surface area contributed by atoms with Crippen molar-refractivity contribution >= 4 is 0 Å². The van der Waals surface area contributed by atoms with Gasteiger partial charge in [0.15, 0.2) is 5.82 Å². The van der Waals surface area contributed by atoms with Crippen molar-refractivity contribution in [3.63, 3.8) is 0 Å². The van der Waals surface area contributed by atoms with E-state index in [1.807, 2.05) is 31.2 Å². The van der Waals surface area contributed by atoms with Crippen LogP contribution < -0.4 is 6.15 Å². The molecule has 0 aliphatic rings. The molecule has 0 bridgehead atoms. The van der Waals surface area contributed by atoms with Gasteiger partial charge in [-0.05, 0) is 19.9 Å². The first-order valence-corrected chi connectivity index (χ1v) is 4.37. The normalized spacial score (nSPS) is 9.47. The summed E-state index contributed by atoms with van der Waals surface area (Å²) in [5.74, 6) is 1.15. The second kappa shape index (κ2) is 4.56. The quantitative estimate of drug-likeness (QED) is 0.762. The smallest absolute Gasteiger partial charge is 0.203 e. The second-order valence-electron chi connectivity index (χ2n) is 3.14. The van der Waals surface area contributed by atoms with E-state index in [4.69, 9.17) is 0 Å². The van der Waals surface area contributed by atoms with Crippen molar-refractivity contribution in [2.24, 2.45) is 0 Å². The first-order valence-electron chi connectivity index (χ1n) is 4.37. The lowest BCUT2D eigenvalue weighted by atomic mass is 10.1. The summed E-state index contributed by atoms with van der Waals surface area (Å²) in [5.41, 5.74) is 2.12. The van der Waals surface area contributed by atoms with Gasteiger partial charge >= 0.3 is 0 Å². The maximum absolute atomic E-state index is 3.97. The monoisotopic (exact) mass is 203 g/mol. The van der Waals surface area contributed by atoms with E-state index in [9.17, 15) is 0 Å². The van der Waals surface area contributed by atoms with E-state index in [2.05, 4.69) is 20.4 Å². The number of aryl methyl sites for hydroxylation is 2. The third-order valence-corrected chi connectivity index (χ3v) is 1.86. The number of hydrogen-bond acceptors (Lipinski definition) is 5. The second-order valence-corrected chi connectivity index (χ2v) is 3.14. The largest absolute Gasteiger partial charge is 0.344 e. The molecule has 0 saturated heterocycles. The minimum atomic E-state index is 0. The number of hydrogen-bond donors (Lipinski definition) is 1. The van der Waals surface area contributed by atoms with Crippen LogP contribution in [0.3, 0.4) is 0 Å². The fourth-order valence-corrected chi connectivity index (χ4v) is 1.18. The van der Waals surface area contributed by atoms with Crippen molar-refractivity contribution in [3.8, 4) is 11.4 Å². The molecule has 0 spiro atoms. The minimum Gasteiger partial charge on any atom is -0.344 e. The first-order chi connectivity index (χ1) is 6.75. The van der Waals surface area contributed by atoms with Gasteiger partial charge in [0.25, 0.3) is 0 Å². The van der Waals surface area contributed by atoms with Gasteiger partial charge in [0.05, 0.1) is 0 Å². The zero-order chi connectivity index (χ0) is 9.97. The zero-order valence-electron chi connectivity index (χ0n) is 8.81. The Morgan fingerprint density at radius 2 is 1.60 bits per heavy atom. The highest BCUT2D eigenvalue weighted by molar-refractivity contribution is 5.54. The van der Waals surface area contributed by atoms with E-state index in [1.165, 1.54) is 5.56 Å². The molecule has 15 heavy (non-hydrogen) atoms. The molecule has 0 saturated carbocycles. The van der Waals surface area contributed by atoms with Crippen LogP contribution in [0.2, 0.25) is 0 Å². The van der Waals surface area contributed by atoms with Gasteiger partial charge in [0, 0.05) is 5.56 Å². The Morgan fingerprint density at radius 3 is 2.20 bits per heavy atom. The van der Waals surface area contributed by atoms with Gasteiger partial charge in [-0.15, -0.1) is 20.4 Å². The SMILES string of the molecule is Cc1cccc(-c2nnc(C)nn2)c1.N. The predicted molar refractivity (Wildman–Crippen MR) is 57.6 cm³/mol. The summed E-state index contributed by atoms with van der Waals surface area (Å²) in [7, 11) is 0. The third-order valence-electron chi connectivity index (χ3n) is 1.86. The van der Waals surface area contributed by atoms with Gasteiger partial charge < -0.3 is 6.15 Å². The van der Waals surface area contributed by atoms with Crippen molar-refractivity contribution in [3.05, 3.63) is 35.7 Å². The first kappa shape index (κ1) is 11.2. The summed E-state index contributed by atoms with van der Waals surface area (Å²) in [6.07, 6.45) is 0. The van der Waals surface area contributed by atoms with Crippen LogP contribution in [-0.4, -0.2) is 20.4 Å². The molecule has 2 rings (SSSR count). The van der Waals surface area contributed by atoms with Gasteiger partial charge in [-0.25, -0.2) is 0 Å². The fourth-order valence-electron chi connectivity index (χ4n) is 1.18. The molecule has 0 aliphatic heterocycles. The molecule has 1 heterocycles. The molecule has 3 N–H and O–H groups in total. The van der Waals surface area contributed by atoms with Gasteiger partial charge in [0.1, 0.15) is 0 Å².